The fourth-order valence-electron chi connectivity index (χ4n) is 3.79. The lowest BCUT2D eigenvalue weighted by Gasteiger charge is -2.29. The molecular weight excluding hydrogens is 348 g/mol. The van der Waals surface area contributed by atoms with Crippen molar-refractivity contribution in [2.75, 3.05) is 31.6 Å². The number of rotatable bonds is 5. The van der Waals surface area contributed by atoms with Crippen LogP contribution in [0, 0.1) is 5.92 Å². The summed E-state index contributed by atoms with van der Waals surface area (Å²) in [4.78, 5) is 12.1. The number of nitrogens with one attached hydrogen (secondary N) is 1. The van der Waals surface area contributed by atoms with Crippen LogP contribution in [0.15, 0.2) is 18.2 Å². The molecule has 1 atom stereocenters. The number of benzene rings is 1. The van der Waals surface area contributed by atoms with Gasteiger partial charge in [-0.15, -0.1) is 0 Å². The van der Waals surface area contributed by atoms with Gasteiger partial charge in [0.1, 0.15) is 11.6 Å². The molecule has 6 heteroatoms. The molecule has 0 radical (unpaired) electrons. The first kappa shape index (κ1) is 18.0. The topological polar surface area (TPSA) is 50.3 Å². The lowest BCUT2D eigenvalue weighted by Crippen LogP contribution is -2.33. The predicted molar refractivity (Wildman–Crippen MR) is 106 cm³/mol. The molecule has 1 aromatic heterocycles. The molecule has 2 aromatic rings. The summed E-state index contributed by atoms with van der Waals surface area (Å²) < 4.78 is 5.73. The number of aromatic nitrogens is 2. The third kappa shape index (κ3) is 4.27. The molecule has 2 aliphatic heterocycles. The van der Waals surface area contributed by atoms with E-state index >= 15 is 0 Å². The zero-order valence-corrected chi connectivity index (χ0v) is 16.1. The molecule has 1 unspecified atom stereocenters. The molecule has 5 nitrogen and oxygen atoms in total. The third-order valence-electron chi connectivity index (χ3n) is 5.47. The van der Waals surface area contributed by atoms with Gasteiger partial charge in [-0.05, 0) is 62.9 Å². The number of piperidine rings is 1. The SMILES string of the molecule is CC1CCN(Cc2nc(NCC3CCCO3)c3ccc(Cl)cc3n2)CC1. The Labute approximate surface area is 160 Å². The normalized spacial score (nSPS) is 22.2. The van der Waals surface area contributed by atoms with Gasteiger partial charge in [-0.25, -0.2) is 9.97 Å². The van der Waals surface area contributed by atoms with E-state index in [1.807, 2.05) is 18.2 Å². The second kappa shape index (κ2) is 8.07. The number of hydrogen-bond donors (Lipinski definition) is 1. The molecule has 1 N–H and O–H groups in total. The van der Waals surface area contributed by atoms with Crippen LogP contribution in [0.5, 0.6) is 0 Å². The molecule has 0 amide bonds. The van der Waals surface area contributed by atoms with Crippen LogP contribution in [0.2, 0.25) is 5.02 Å². The summed E-state index contributed by atoms with van der Waals surface area (Å²) in [5.74, 6) is 2.58. The highest BCUT2D eigenvalue weighted by Gasteiger charge is 2.19. The Morgan fingerprint density at radius 2 is 2.08 bits per heavy atom. The van der Waals surface area contributed by atoms with E-state index < -0.39 is 0 Å². The van der Waals surface area contributed by atoms with Gasteiger partial charge >= 0.3 is 0 Å². The maximum Gasteiger partial charge on any atom is 0.145 e. The molecule has 0 bridgehead atoms. The molecule has 2 aliphatic rings. The van der Waals surface area contributed by atoms with Crippen molar-refractivity contribution in [2.45, 2.75) is 45.3 Å². The molecule has 0 spiro atoms. The van der Waals surface area contributed by atoms with Gasteiger partial charge in [0.25, 0.3) is 0 Å². The van der Waals surface area contributed by atoms with Crippen molar-refractivity contribution in [2.24, 2.45) is 5.92 Å². The van der Waals surface area contributed by atoms with Gasteiger partial charge in [-0.2, -0.15) is 0 Å². The minimum atomic E-state index is 0.277. The Hall–Kier alpha value is -1.43. The first-order valence-electron chi connectivity index (χ1n) is 9.71. The lowest BCUT2D eigenvalue weighted by molar-refractivity contribution is 0.120. The summed E-state index contributed by atoms with van der Waals surface area (Å²) in [5, 5.41) is 5.22. The van der Waals surface area contributed by atoms with Crippen LogP contribution in [0.1, 0.15) is 38.4 Å². The molecule has 3 heterocycles. The molecule has 2 fully saturated rings. The van der Waals surface area contributed by atoms with Gasteiger partial charge < -0.3 is 10.1 Å². The van der Waals surface area contributed by atoms with E-state index in [1.165, 1.54) is 12.8 Å². The largest absolute Gasteiger partial charge is 0.376 e. The molecule has 4 rings (SSSR count). The zero-order chi connectivity index (χ0) is 17.9. The molecule has 26 heavy (non-hydrogen) atoms. The zero-order valence-electron chi connectivity index (χ0n) is 15.4. The number of fused-ring (bicyclic) bond motifs is 1. The van der Waals surface area contributed by atoms with Gasteiger partial charge in [0.2, 0.25) is 0 Å². The van der Waals surface area contributed by atoms with Crippen molar-refractivity contribution in [3.8, 4) is 0 Å². The first-order valence-corrected chi connectivity index (χ1v) is 10.1. The number of ether oxygens (including phenoxy) is 1. The Balaban J connectivity index is 1.56. The maximum absolute atomic E-state index is 6.20. The van der Waals surface area contributed by atoms with Gasteiger partial charge in [0.05, 0.1) is 18.2 Å². The third-order valence-corrected chi connectivity index (χ3v) is 5.70. The molecule has 1 aromatic carbocycles. The van der Waals surface area contributed by atoms with E-state index in [0.29, 0.717) is 5.02 Å². The minimum absolute atomic E-state index is 0.277. The van der Waals surface area contributed by atoms with Crippen molar-refractivity contribution >= 4 is 28.3 Å². The second-order valence-electron chi connectivity index (χ2n) is 7.62. The molecule has 140 valence electrons. The van der Waals surface area contributed by atoms with E-state index in [0.717, 1.165) is 74.1 Å². The summed E-state index contributed by atoms with van der Waals surface area (Å²) in [6.07, 6.45) is 5.04. The molecule has 2 saturated heterocycles. The average molecular weight is 375 g/mol. The van der Waals surface area contributed by atoms with Gasteiger partial charge in [0, 0.05) is 23.6 Å². The second-order valence-corrected chi connectivity index (χ2v) is 8.06. The quantitative estimate of drug-likeness (QED) is 0.853. The van der Waals surface area contributed by atoms with Crippen LogP contribution in [0.4, 0.5) is 5.82 Å². The number of likely N-dealkylation sites (tertiary alicyclic amines) is 1. The number of hydrogen-bond acceptors (Lipinski definition) is 5. The highest BCUT2D eigenvalue weighted by molar-refractivity contribution is 6.31. The summed E-state index contributed by atoms with van der Waals surface area (Å²) in [6, 6.07) is 5.83. The van der Waals surface area contributed by atoms with Crippen molar-refractivity contribution in [3.05, 3.63) is 29.0 Å². The van der Waals surface area contributed by atoms with Crippen LogP contribution in [0.25, 0.3) is 10.9 Å². The van der Waals surface area contributed by atoms with Crippen LogP contribution in [-0.2, 0) is 11.3 Å². The Bertz CT molecular complexity index is 755. The van der Waals surface area contributed by atoms with E-state index in [2.05, 4.69) is 17.1 Å². The summed E-state index contributed by atoms with van der Waals surface area (Å²) in [5.41, 5.74) is 0.905. The van der Waals surface area contributed by atoms with Crippen LogP contribution in [0.3, 0.4) is 0 Å². The number of anilines is 1. The highest BCUT2D eigenvalue weighted by atomic mass is 35.5. The molecule has 0 aliphatic carbocycles. The Morgan fingerprint density at radius 1 is 1.23 bits per heavy atom. The summed E-state index contributed by atoms with van der Waals surface area (Å²) in [7, 11) is 0. The lowest BCUT2D eigenvalue weighted by atomic mass is 9.99. The summed E-state index contributed by atoms with van der Waals surface area (Å²) >= 11 is 6.20. The fraction of sp³-hybridized carbons (Fsp3) is 0.600. The van der Waals surface area contributed by atoms with Crippen LogP contribution < -0.4 is 5.32 Å². The minimum Gasteiger partial charge on any atom is -0.376 e. The van der Waals surface area contributed by atoms with E-state index in [9.17, 15) is 0 Å². The molecule has 0 saturated carbocycles. The fourth-order valence-corrected chi connectivity index (χ4v) is 3.96. The van der Waals surface area contributed by atoms with Crippen LogP contribution in [-0.4, -0.2) is 47.2 Å². The summed E-state index contributed by atoms with van der Waals surface area (Å²) in [6.45, 7) is 7.02. The average Bonchev–Trinajstić information content (AvgIpc) is 3.15. The number of halogens is 1. The van der Waals surface area contributed by atoms with Crippen molar-refractivity contribution in [1.82, 2.24) is 14.9 Å². The standard InChI is InChI=1S/C20H27ClN4O/c1-14-6-8-25(9-7-14)13-19-23-18-11-15(21)4-5-17(18)20(24-19)22-12-16-3-2-10-26-16/h4-5,11,14,16H,2-3,6-10,12-13H2,1H3,(H,22,23,24). The van der Waals surface area contributed by atoms with Crippen molar-refractivity contribution in [1.29, 1.82) is 0 Å². The Kier molecular flexibility index (Phi) is 5.57. The van der Waals surface area contributed by atoms with E-state index in [4.69, 9.17) is 26.3 Å². The Morgan fingerprint density at radius 3 is 2.85 bits per heavy atom. The van der Waals surface area contributed by atoms with Gasteiger partial charge in [0.15, 0.2) is 0 Å². The highest BCUT2D eigenvalue weighted by Crippen LogP contribution is 2.25. The van der Waals surface area contributed by atoms with Gasteiger partial charge in [-0.1, -0.05) is 18.5 Å². The smallest absolute Gasteiger partial charge is 0.145 e. The van der Waals surface area contributed by atoms with Crippen molar-refractivity contribution in [3.63, 3.8) is 0 Å². The van der Waals surface area contributed by atoms with Gasteiger partial charge in [-0.3, -0.25) is 4.90 Å². The van der Waals surface area contributed by atoms with Crippen LogP contribution >= 0.6 is 11.6 Å². The molecular formula is C20H27ClN4O. The first-order chi connectivity index (χ1) is 12.7. The van der Waals surface area contributed by atoms with Crippen molar-refractivity contribution < 1.29 is 4.74 Å². The number of nitrogens with zero attached hydrogens (tertiary/aromatic N) is 3. The van der Waals surface area contributed by atoms with E-state index in [-0.39, 0.29) is 6.10 Å². The van der Waals surface area contributed by atoms with E-state index in [1.54, 1.807) is 0 Å². The maximum atomic E-state index is 6.20. The predicted octanol–water partition coefficient (Wildman–Crippen LogP) is 4.11. The monoisotopic (exact) mass is 374 g/mol.